The van der Waals surface area contributed by atoms with Gasteiger partial charge in [-0.3, -0.25) is 4.79 Å². The predicted molar refractivity (Wildman–Crippen MR) is 102 cm³/mol. The highest BCUT2D eigenvalue weighted by atomic mass is 32.2. The molecule has 0 radical (unpaired) electrons. The molecule has 0 aliphatic carbocycles. The van der Waals surface area contributed by atoms with Crippen LogP contribution in [0.4, 0.5) is 0 Å². The van der Waals surface area contributed by atoms with Crippen LogP contribution in [0.25, 0.3) is 10.8 Å². The van der Waals surface area contributed by atoms with Gasteiger partial charge >= 0.3 is 0 Å². The van der Waals surface area contributed by atoms with Gasteiger partial charge in [0, 0.05) is 13.6 Å². The molecule has 0 fully saturated rings. The third-order valence-electron chi connectivity index (χ3n) is 4.12. The number of nitrogens with zero attached hydrogens (tertiary/aromatic N) is 1. The average molecular weight is 368 g/mol. The molecule has 0 aliphatic heterocycles. The molecule has 0 atom stereocenters. The largest absolute Gasteiger partial charge is 0.351 e. The first-order chi connectivity index (χ1) is 12.5. The standard InChI is InChI=1S/C20H20N2O3S/c1-22(26(24,25)19-9-3-2-4-10-19)15-20(23)21-14-16-11-12-17-7-5-6-8-18(17)13-16/h2-13H,14-15H2,1H3,(H,21,23). The molecule has 1 amide bonds. The second-order valence-corrected chi connectivity index (χ2v) is 8.08. The summed E-state index contributed by atoms with van der Waals surface area (Å²) in [5, 5.41) is 5.01. The molecule has 6 heteroatoms. The van der Waals surface area contributed by atoms with Crippen molar-refractivity contribution in [3.8, 4) is 0 Å². The lowest BCUT2D eigenvalue weighted by molar-refractivity contribution is -0.121. The van der Waals surface area contributed by atoms with E-state index in [2.05, 4.69) is 5.32 Å². The van der Waals surface area contributed by atoms with Crippen molar-refractivity contribution in [2.75, 3.05) is 13.6 Å². The van der Waals surface area contributed by atoms with E-state index in [1.54, 1.807) is 18.2 Å². The number of sulfonamides is 1. The molecule has 1 N–H and O–H groups in total. The number of carbonyl (C=O) groups excluding carboxylic acids is 1. The van der Waals surface area contributed by atoms with Crippen LogP contribution in [0, 0.1) is 0 Å². The molecule has 0 bridgehead atoms. The lowest BCUT2D eigenvalue weighted by atomic mass is 10.1. The summed E-state index contributed by atoms with van der Waals surface area (Å²) in [4.78, 5) is 12.3. The molecule has 3 aromatic carbocycles. The van der Waals surface area contributed by atoms with Crippen LogP contribution in [0.1, 0.15) is 5.56 Å². The van der Waals surface area contributed by atoms with E-state index in [9.17, 15) is 13.2 Å². The smallest absolute Gasteiger partial charge is 0.243 e. The first kappa shape index (κ1) is 18.1. The molecule has 3 rings (SSSR count). The fourth-order valence-electron chi connectivity index (χ4n) is 2.66. The maximum atomic E-state index is 12.4. The summed E-state index contributed by atoms with van der Waals surface area (Å²) >= 11 is 0. The van der Waals surface area contributed by atoms with Crippen molar-refractivity contribution in [1.82, 2.24) is 9.62 Å². The van der Waals surface area contributed by atoms with E-state index in [0.29, 0.717) is 6.54 Å². The van der Waals surface area contributed by atoms with Gasteiger partial charge in [-0.2, -0.15) is 4.31 Å². The molecule has 0 saturated heterocycles. The van der Waals surface area contributed by atoms with Gasteiger partial charge in [0.1, 0.15) is 0 Å². The minimum Gasteiger partial charge on any atom is -0.351 e. The van der Waals surface area contributed by atoms with Gasteiger partial charge in [0.15, 0.2) is 0 Å². The van der Waals surface area contributed by atoms with Crippen LogP contribution in [-0.4, -0.2) is 32.2 Å². The van der Waals surface area contributed by atoms with Gasteiger partial charge < -0.3 is 5.32 Å². The van der Waals surface area contributed by atoms with Crippen molar-refractivity contribution in [3.05, 3.63) is 78.4 Å². The summed E-state index contributed by atoms with van der Waals surface area (Å²) in [6, 6.07) is 22.0. The summed E-state index contributed by atoms with van der Waals surface area (Å²) < 4.78 is 25.9. The second kappa shape index (κ2) is 7.68. The van der Waals surface area contributed by atoms with E-state index >= 15 is 0 Å². The van der Waals surface area contributed by atoms with E-state index in [1.807, 2.05) is 42.5 Å². The van der Waals surface area contributed by atoms with Gasteiger partial charge in [-0.05, 0) is 34.5 Å². The lowest BCUT2D eigenvalue weighted by Gasteiger charge is -2.17. The molecule has 0 unspecified atom stereocenters. The highest BCUT2D eigenvalue weighted by Crippen LogP contribution is 2.16. The van der Waals surface area contributed by atoms with Crippen molar-refractivity contribution in [1.29, 1.82) is 0 Å². The van der Waals surface area contributed by atoms with Crippen LogP contribution in [0.5, 0.6) is 0 Å². The minimum absolute atomic E-state index is 0.171. The lowest BCUT2D eigenvalue weighted by Crippen LogP contribution is -2.38. The molecule has 0 spiro atoms. The number of likely N-dealkylation sites (N-methyl/N-ethyl adjacent to an activating group) is 1. The fourth-order valence-corrected chi connectivity index (χ4v) is 3.81. The predicted octanol–water partition coefficient (Wildman–Crippen LogP) is 2.78. The topological polar surface area (TPSA) is 66.5 Å². The summed E-state index contributed by atoms with van der Waals surface area (Å²) in [6.45, 7) is 0.119. The van der Waals surface area contributed by atoms with E-state index in [1.165, 1.54) is 19.2 Å². The Labute approximate surface area is 153 Å². The molecule has 0 aromatic heterocycles. The molecule has 3 aromatic rings. The van der Waals surface area contributed by atoms with Gasteiger partial charge in [-0.25, -0.2) is 8.42 Å². The summed E-state index contributed by atoms with van der Waals surface area (Å²) in [7, 11) is -2.27. The van der Waals surface area contributed by atoms with Crippen LogP contribution in [0.2, 0.25) is 0 Å². The Bertz CT molecular complexity index is 1020. The van der Waals surface area contributed by atoms with Crippen LogP contribution in [0.3, 0.4) is 0 Å². The number of benzene rings is 3. The average Bonchev–Trinajstić information content (AvgIpc) is 2.67. The minimum atomic E-state index is -3.67. The van der Waals surface area contributed by atoms with Gasteiger partial charge in [-0.1, -0.05) is 54.6 Å². The van der Waals surface area contributed by atoms with Crippen molar-refractivity contribution >= 4 is 26.7 Å². The zero-order chi connectivity index (χ0) is 18.6. The molecule has 26 heavy (non-hydrogen) atoms. The number of rotatable bonds is 6. The molecule has 0 heterocycles. The monoisotopic (exact) mass is 368 g/mol. The van der Waals surface area contributed by atoms with Crippen LogP contribution in [0.15, 0.2) is 77.7 Å². The van der Waals surface area contributed by atoms with Crippen LogP contribution in [-0.2, 0) is 21.4 Å². The molecule has 134 valence electrons. The maximum absolute atomic E-state index is 12.4. The van der Waals surface area contributed by atoms with E-state index < -0.39 is 10.0 Å². The first-order valence-electron chi connectivity index (χ1n) is 8.22. The molecule has 0 aliphatic rings. The molecule has 0 saturated carbocycles. The van der Waals surface area contributed by atoms with Crippen molar-refractivity contribution in [2.24, 2.45) is 0 Å². The van der Waals surface area contributed by atoms with E-state index in [0.717, 1.165) is 20.6 Å². The van der Waals surface area contributed by atoms with Crippen LogP contribution >= 0.6 is 0 Å². The third kappa shape index (κ3) is 4.09. The Balaban J connectivity index is 1.61. The fraction of sp³-hybridized carbons (Fsp3) is 0.150. The van der Waals surface area contributed by atoms with Crippen molar-refractivity contribution < 1.29 is 13.2 Å². The van der Waals surface area contributed by atoms with Gasteiger partial charge in [0.2, 0.25) is 15.9 Å². The molecular formula is C20H20N2O3S. The maximum Gasteiger partial charge on any atom is 0.243 e. The Hall–Kier alpha value is -2.70. The molecular weight excluding hydrogens is 348 g/mol. The summed E-state index contributed by atoms with van der Waals surface area (Å²) in [6.07, 6.45) is 0. The number of hydrogen-bond acceptors (Lipinski definition) is 3. The van der Waals surface area contributed by atoms with Gasteiger partial charge in [-0.15, -0.1) is 0 Å². The SMILES string of the molecule is CN(CC(=O)NCc1ccc2ccccc2c1)S(=O)(=O)c1ccccc1. The number of fused-ring (bicyclic) bond motifs is 1. The summed E-state index contributed by atoms with van der Waals surface area (Å²) in [5.41, 5.74) is 0.964. The molecule has 5 nitrogen and oxygen atoms in total. The number of amides is 1. The number of carbonyl (C=O) groups is 1. The van der Waals surface area contributed by atoms with Gasteiger partial charge in [0.25, 0.3) is 0 Å². The van der Waals surface area contributed by atoms with Crippen molar-refractivity contribution in [2.45, 2.75) is 11.4 Å². The zero-order valence-electron chi connectivity index (χ0n) is 14.4. The second-order valence-electron chi connectivity index (χ2n) is 6.03. The Morgan fingerprint density at radius 3 is 2.31 bits per heavy atom. The zero-order valence-corrected chi connectivity index (χ0v) is 15.2. The van der Waals surface area contributed by atoms with Crippen molar-refractivity contribution in [3.63, 3.8) is 0 Å². The normalized spacial score (nSPS) is 11.6. The third-order valence-corrected chi connectivity index (χ3v) is 5.94. The summed E-state index contributed by atoms with van der Waals surface area (Å²) in [5.74, 6) is -0.347. The van der Waals surface area contributed by atoms with E-state index in [4.69, 9.17) is 0 Å². The number of nitrogens with one attached hydrogen (secondary N) is 1. The van der Waals surface area contributed by atoms with Crippen LogP contribution < -0.4 is 5.32 Å². The Kier molecular flexibility index (Phi) is 5.35. The first-order valence-corrected chi connectivity index (χ1v) is 9.66. The highest BCUT2D eigenvalue weighted by molar-refractivity contribution is 7.89. The van der Waals surface area contributed by atoms with Gasteiger partial charge in [0.05, 0.1) is 11.4 Å². The van der Waals surface area contributed by atoms with E-state index in [-0.39, 0.29) is 17.3 Å². The Morgan fingerprint density at radius 2 is 1.58 bits per heavy atom. The number of hydrogen-bond donors (Lipinski definition) is 1. The Morgan fingerprint density at radius 1 is 0.923 bits per heavy atom. The quantitative estimate of drug-likeness (QED) is 0.728. The highest BCUT2D eigenvalue weighted by Gasteiger charge is 2.22.